The van der Waals surface area contributed by atoms with Gasteiger partial charge >= 0.3 is 6.18 Å². The molecule has 11 heteroatoms. The minimum Gasteiger partial charge on any atom is -0.368 e. The molecule has 0 bridgehead atoms. The van der Waals surface area contributed by atoms with Crippen LogP contribution in [0.25, 0.3) is 22.8 Å². The fourth-order valence-electron chi connectivity index (χ4n) is 5.09. The fourth-order valence-corrected chi connectivity index (χ4v) is 5.30. The van der Waals surface area contributed by atoms with Gasteiger partial charge in [-0.1, -0.05) is 11.6 Å². The maximum Gasteiger partial charge on any atom is 0.417 e. The lowest BCUT2D eigenvalue weighted by Crippen LogP contribution is -2.55. The Bertz CT molecular complexity index is 1530. The number of benzene rings is 2. The number of carbonyl (C=O) groups is 1. The van der Waals surface area contributed by atoms with E-state index in [2.05, 4.69) is 20.2 Å². The minimum absolute atomic E-state index is 0.179. The standard InChI is InChI=1S/C29H30ClF3N6O/c1-17-15-39(16-18(2)38(17)4)20-8-9-21(23(13-20)29(31,32)33)28(40)35-19-7-10-24(30)22(12-19)27-34-14-25(36-27)26-6-5-11-37(26)3/h5-14,17-18H,15-16H2,1-4H3,(H,34,36)(H,35,40)/t17-,18+. The molecule has 5 rings (SSSR count). The molecule has 1 aliphatic heterocycles. The number of hydrogen-bond acceptors (Lipinski definition) is 4. The quantitative estimate of drug-likeness (QED) is 0.286. The first-order valence-corrected chi connectivity index (χ1v) is 13.3. The van der Waals surface area contributed by atoms with Gasteiger partial charge in [0, 0.05) is 55.4 Å². The minimum atomic E-state index is -4.71. The van der Waals surface area contributed by atoms with E-state index in [-0.39, 0.29) is 12.1 Å². The Morgan fingerprint density at radius 3 is 2.45 bits per heavy atom. The summed E-state index contributed by atoms with van der Waals surface area (Å²) in [6, 6.07) is 12.8. The largest absolute Gasteiger partial charge is 0.417 e. The second kappa shape index (κ2) is 10.7. The van der Waals surface area contributed by atoms with Crippen molar-refractivity contribution in [3.05, 3.63) is 77.1 Å². The number of piperazine rings is 1. The van der Waals surface area contributed by atoms with Crippen LogP contribution in [0.5, 0.6) is 0 Å². The van der Waals surface area contributed by atoms with Crippen molar-refractivity contribution in [3.8, 4) is 22.8 Å². The summed E-state index contributed by atoms with van der Waals surface area (Å²) in [5.41, 5.74) is 1.50. The molecule has 2 aromatic heterocycles. The molecule has 40 heavy (non-hydrogen) atoms. The number of amides is 1. The molecule has 210 valence electrons. The van der Waals surface area contributed by atoms with Gasteiger partial charge in [0.25, 0.3) is 5.91 Å². The van der Waals surface area contributed by atoms with E-state index in [0.717, 1.165) is 17.5 Å². The first-order chi connectivity index (χ1) is 18.9. The van der Waals surface area contributed by atoms with Crippen LogP contribution in [-0.2, 0) is 13.2 Å². The van der Waals surface area contributed by atoms with Gasteiger partial charge in [-0.25, -0.2) is 4.98 Å². The number of halogens is 4. The molecule has 2 N–H and O–H groups in total. The van der Waals surface area contributed by atoms with E-state index in [1.165, 1.54) is 6.07 Å². The smallest absolute Gasteiger partial charge is 0.368 e. The maximum atomic E-state index is 14.2. The SMILES string of the molecule is C[C@@H]1CN(c2ccc(C(=O)Nc3ccc(Cl)c(-c4ncc(-c5cccn5C)[nH]4)c3)c(C(F)(F)F)c2)C[C@H](C)N1C. The normalized spacial score (nSPS) is 18.2. The van der Waals surface area contributed by atoms with E-state index in [1.807, 2.05) is 55.7 Å². The average Bonchev–Trinajstić information content (AvgIpc) is 3.56. The molecule has 2 atom stereocenters. The topological polar surface area (TPSA) is 69.2 Å². The van der Waals surface area contributed by atoms with Crippen LogP contribution in [0.1, 0.15) is 29.8 Å². The van der Waals surface area contributed by atoms with Crippen molar-refractivity contribution in [3.63, 3.8) is 0 Å². The number of nitrogens with zero attached hydrogens (tertiary/aromatic N) is 4. The highest BCUT2D eigenvalue weighted by Crippen LogP contribution is 2.36. The number of carbonyl (C=O) groups excluding carboxylic acids is 1. The molecule has 1 fully saturated rings. The van der Waals surface area contributed by atoms with Crippen LogP contribution in [0.2, 0.25) is 5.02 Å². The summed E-state index contributed by atoms with van der Waals surface area (Å²) in [6.07, 6.45) is -1.13. The van der Waals surface area contributed by atoms with Crippen LogP contribution < -0.4 is 10.2 Å². The molecule has 0 spiro atoms. The zero-order chi connectivity index (χ0) is 28.8. The summed E-state index contributed by atoms with van der Waals surface area (Å²) >= 11 is 6.42. The van der Waals surface area contributed by atoms with Gasteiger partial charge < -0.3 is 19.8 Å². The van der Waals surface area contributed by atoms with Crippen molar-refractivity contribution in [2.75, 3.05) is 30.4 Å². The van der Waals surface area contributed by atoms with Crippen molar-refractivity contribution in [2.24, 2.45) is 7.05 Å². The summed E-state index contributed by atoms with van der Waals surface area (Å²) in [5, 5.41) is 2.98. The molecule has 0 aliphatic carbocycles. The van der Waals surface area contributed by atoms with Crippen LogP contribution in [0.15, 0.2) is 60.9 Å². The third kappa shape index (κ3) is 5.46. The monoisotopic (exact) mass is 570 g/mol. The lowest BCUT2D eigenvalue weighted by atomic mass is 10.0. The van der Waals surface area contributed by atoms with Crippen LogP contribution in [0.3, 0.4) is 0 Å². The second-order valence-electron chi connectivity index (χ2n) is 10.3. The van der Waals surface area contributed by atoms with Gasteiger partial charge in [-0.2, -0.15) is 13.2 Å². The summed E-state index contributed by atoms with van der Waals surface area (Å²) in [4.78, 5) is 24.9. The second-order valence-corrected chi connectivity index (χ2v) is 10.7. The molecular formula is C29H30ClF3N6O. The van der Waals surface area contributed by atoms with Gasteiger partial charge in [-0.05, 0) is 69.4 Å². The van der Waals surface area contributed by atoms with Crippen LogP contribution in [-0.4, -0.2) is 57.6 Å². The summed E-state index contributed by atoms with van der Waals surface area (Å²) in [6.45, 7) is 5.27. The van der Waals surface area contributed by atoms with Crippen LogP contribution >= 0.6 is 11.6 Å². The predicted octanol–water partition coefficient (Wildman–Crippen LogP) is 6.54. The average molecular weight is 571 g/mol. The lowest BCUT2D eigenvalue weighted by molar-refractivity contribution is -0.137. The van der Waals surface area contributed by atoms with Crippen molar-refractivity contribution < 1.29 is 18.0 Å². The van der Waals surface area contributed by atoms with Gasteiger partial charge in [-0.3, -0.25) is 9.69 Å². The Morgan fingerprint density at radius 1 is 1.07 bits per heavy atom. The molecule has 2 aromatic carbocycles. The fraction of sp³-hybridized carbons (Fsp3) is 0.310. The molecule has 1 aliphatic rings. The number of nitrogens with one attached hydrogen (secondary N) is 2. The van der Waals surface area contributed by atoms with E-state index in [1.54, 1.807) is 30.5 Å². The van der Waals surface area contributed by atoms with E-state index in [4.69, 9.17) is 11.6 Å². The number of anilines is 2. The van der Waals surface area contributed by atoms with Gasteiger partial charge in [0.15, 0.2) is 0 Å². The Kier molecular flexibility index (Phi) is 7.41. The van der Waals surface area contributed by atoms with Gasteiger partial charge in [0.2, 0.25) is 0 Å². The van der Waals surface area contributed by atoms with Gasteiger partial charge in [0.1, 0.15) is 5.82 Å². The molecule has 0 radical (unpaired) electrons. The first-order valence-electron chi connectivity index (χ1n) is 12.9. The molecular weight excluding hydrogens is 541 g/mol. The first kappa shape index (κ1) is 27.8. The van der Waals surface area contributed by atoms with Crippen molar-refractivity contribution in [1.82, 2.24) is 19.4 Å². The molecule has 1 saturated heterocycles. The highest BCUT2D eigenvalue weighted by Gasteiger charge is 2.37. The molecule has 4 aromatic rings. The van der Waals surface area contributed by atoms with Crippen LogP contribution in [0, 0.1) is 0 Å². The number of alkyl halides is 3. The van der Waals surface area contributed by atoms with Crippen LogP contribution in [0.4, 0.5) is 24.5 Å². The number of aryl methyl sites for hydroxylation is 1. The third-order valence-corrected chi connectivity index (χ3v) is 7.88. The van der Waals surface area contributed by atoms with Gasteiger partial charge in [0.05, 0.1) is 33.7 Å². The molecule has 3 heterocycles. The number of aromatic nitrogens is 3. The molecule has 0 saturated carbocycles. The zero-order valence-electron chi connectivity index (χ0n) is 22.6. The molecule has 1 amide bonds. The van der Waals surface area contributed by atoms with E-state index in [9.17, 15) is 18.0 Å². The predicted molar refractivity (Wildman–Crippen MR) is 152 cm³/mol. The number of hydrogen-bond donors (Lipinski definition) is 2. The molecule has 7 nitrogen and oxygen atoms in total. The Morgan fingerprint density at radius 2 is 1.80 bits per heavy atom. The third-order valence-electron chi connectivity index (χ3n) is 7.55. The maximum absolute atomic E-state index is 14.2. The summed E-state index contributed by atoms with van der Waals surface area (Å²) in [7, 11) is 3.92. The van der Waals surface area contributed by atoms with Crippen molar-refractivity contribution in [1.29, 1.82) is 0 Å². The Labute approximate surface area is 235 Å². The zero-order valence-corrected chi connectivity index (χ0v) is 23.3. The lowest BCUT2D eigenvalue weighted by Gasteiger charge is -2.43. The highest BCUT2D eigenvalue weighted by atomic mass is 35.5. The summed E-state index contributed by atoms with van der Waals surface area (Å²) in [5.74, 6) is -0.399. The van der Waals surface area contributed by atoms with Crippen molar-refractivity contribution >= 4 is 28.9 Å². The van der Waals surface area contributed by atoms with Crippen molar-refractivity contribution in [2.45, 2.75) is 32.1 Å². The van der Waals surface area contributed by atoms with E-state index >= 15 is 0 Å². The highest BCUT2D eigenvalue weighted by molar-refractivity contribution is 6.33. The number of H-pyrrole nitrogens is 1. The van der Waals surface area contributed by atoms with E-state index in [0.29, 0.717) is 40.9 Å². The van der Waals surface area contributed by atoms with Gasteiger partial charge in [-0.15, -0.1) is 0 Å². The Hall–Kier alpha value is -3.76. The summed E-state index contributed by atoms with van der Waals surface area (Å²) < 4.78 is 44.4. The van der Waals surface area contributed by atoms with E-state index < -0.39 is 23.2 Å². The number of aromatic amines is 1. The number of rotatable bonds is 5. The number of imidazole rings is 1. The Balaban J connectivity index is 1.41. The number of likely N-dealkylation sites (N-methyl/N-ethyl adjacent to an activating group) is 1. The molecule has 0 unspecified atom stereocenters.